The van der Waals surface area contributed by atoms with Crippen LogP contribution in [0.3, 0.4) is 0 Å². The number of nitrogens with zero attached hydrogens (tertiary/aromatic N) is 1. The van der Waals surface area contributed by atoms with Gasteiger partial charge in [0.1, 0.15) is 17.2 Å². The average Bonchev–Trinajstić information content (AvgIpc) is 3.07. The zero-order valence-corrected chi connectivity index (χ0v) is 26.1. The molecule has 0 aliphatic carbocycles. The van der Waals surface area contributed by atoms with Crippen molar-refractivity contribution in [3.63, 3.8) is 0 Å². The molecule has 12 heteroatoms. The second-order valence-electron chi connectivity index (χ2n) is 9.75. The van der Waals surface area contributed by atoms with Gasteiger partial charge in [0.25, 0.3) is 17.5 Å². The normalized spacial score (nSPS) is 11.6. The molecule has 0 aliphatic rings. The number of hydrogen-bond donors (Lipinski definition) is 3. The second-order valence-corrected chi connectivity index (χ2v) is 11.0. The molecule has 0 aromatic heterocycles. The summed E-state index contributed by atoms with van der Waals surface area (Å²) in [6, 6.07) is 26.2. The maximum atomic E-state index is 13.5. The molecule has 0 spiro atoms. The van der Waals surface area contributed by atoms with Crippen LogP contribution in [-0.2, 0) is 9.59 Å². The number of anilines is 2. The van der Waals surface area contributed by atoms with Gasteiger partial charge >= 0.3 is 0 Å². The number of rotatable bonds is 13. The maximum Gasteiger partial charge on any atom is 0.276 e. The molecule has 0 saturated heterocycles. The number of ether oxygens (including phenoxy) is 2. The Hall–Kier alpha value is -5.62. The number of hydrogen-bond acceptors (Lipinski definition) is 8. The van der Waals surface area contributed by atoms with Crippen molar-refractivity contribution in [2.24, 2.45) is 0 Å². The molecule has 0 fully saturated rings. The third-order valence-corrected chi connectivity index (χ3v) is 8.02. The monoisotopic (exact) mass is 640 g/mol. The predicted octanol–water partition coefficient (Wildman–Crippen LogP) is 6.53. The Kier molecular flexibility index (Phi) is 11.5. The van der Waals surface area contributed by atoms with E-state index >= 15 is 0 Å². The van der Waals surface area contributed by atoms with Crippen molar-refractivity contribution in [1.82, 2.24) is 5.32 Å². The van der Waals surface area contributed by atoms with Gasteiger partial charge in [-0.2, -0.15) is 0 Å². The molecule has 4 rings (SSSR count). The molecule has 236 valence electrons. The Morgan fingerprint density at radius 3 is 2.33 bits per heavy atom. The van der Waals surface area contributed by atoms with E-state index in [9.17, 15) is 24.5 Å². The first kappa shape index (κ1) is 33.3. The Bertz CT molecular complexity index is 1760. The highest BCUT2D eigenvalue weighted by molar-refractivity contribution is 8.00. The van der Waals surface area contributed by atoms with Gasteiger partial charge in [-0.05, 0) is 61.0 Å². The summed E-state index contributed by atoms with van der Waals surface area (Å²) in [7, 11) is 3.05. The van der Waals surface area contributed by atoms with Crippen molar-refractivity contribution in [1.29, 1.82) is 0 Å². The van der Waals surface area contributed by atoms with Gasteiger partial charge in [-0.1, -0.05) is 43.3 Å². The van der Waals surface area contributed by atoms with Crippen LogP contribution in [0.2, 0.25) is 0 Å². The number of nitro groups is 1. The predicted molar refractivity (Wildman–Crippen MR) is 178 cm³/mol. The largest absolute Gasteiger partial charge is 0.497 e. The van der Waals surface area contributed by atoms with E-state index in [0.29, 0.717) is 39.8 Å². The lowest BCUT2D eigenvalue weighted by atomic mass is 10.1. The summed E-state index contributed by atoms with van der Waals surface area (Å²) in [5.74, 6) is -0.445. The number of methoxy groups -OCH3 is 2. The quantitative estimate of drug-likeness (QED) is 0.0646. The zero-order valence-electron chi connectivity index (χ0n) is 25.3. The number of carbonyl (C=O) groups excluding carboxylic acids is 3. The van der Waals surface area contributed by atoms with Crippen LogP contribution in [0.4, 0.5) is 17.1 Å². The molecule has 3 amide bonds. The van der Waals surface area contributed by atoms with Gasteiger partial charge in [-0.25, -0.2) is 0 Å². The molecule has 0 aliphatic heterocycles. The van der Waals surface area contributed by atoms with Gasteiger partial charge in [0.2, 0.25) is 5.91 Å². The first-order chi connectivity index (χ1) is 22.2. The van der Waals surface area contributed by atoms with Crippen LogP contribution in [0.1, 0.15) is 29.3 Å². The van der Waals surface area contributed by atoms with Crippen LogP contribution in [0, 0.1) is 10.1 Å². The lowest BCUT2D eigenvalue weighted by molar-refractivity contribution is -0.385. The highest BCUT2D eigenvalue weighted by Crippen LogP contribution is 2.32. The molecule has 0 radical (unpaired) electrons. The number of benzene rings is 4. The second kappa shape index (κ2) is 15.9. The molecule has 1 atom stereocenters. The first-order valence-electron chi connectivity index (χ1n) is 14.1. The summed E-state index contributed by atoms with van der Waals surface area (Å²) < 4.78 is 10.6. The Morgan fingerprint density at radius 1 is 0.891 bits per heavy atom. The van der Waals surface area contributed by atoms with E-state index in [-0.39, 0.29) is 22.9 Å². The third kappa shape index (κ3) is 8.73. The molecule has 0 saturated carbocycles. The number of nitro benzene ring substituents is 1. The van der Waals surface area contributed by atoms with Gasteiger partial charge in [0.05, 0.1) is 35.6 Å². The molecule has 11 nitrogen and oxygen atoms in total. The highest BCUT2D eigenvalue weighted by atomic mass is 32.2. The Labute approximate surface area is 270 Å². The summed E-state index contributed by atoms with van der Waals surface area (Å²) >= 11 is 1.31. The van der Waals surface area contributed by atoms with E-state index in [0.717, 1.165) is 0 Å². The number of para-hydroxylation sites is 1. The Balaban J connectivity index is 1.55. The molecule has 0 bridgehead atoms. The van der Waals surface area contributed by atoms with E-state index in [1.54, 1.807) is 72.8 Å². The van der Waals surface area contributed by atoms with Crippen molar-refractivity contribution >= 4 is 52.6 Å². The third-order valence-electron chi connectivity index (χ3n) is 6.66. The topological polar surface area (TPSA) is 149 Å². The minimum absolute atomic E-state index is 0.139. The van der Waals surface area contributed by atoms with Gasteiger partial charge in [-0.15, -0.1) is 11.8 Å². The summed E-state index contributed by atoms with van der Waals surface area (Å²) in [5.41, 5.74) is 0.886. The summed E-state index contributed by atoms with van der Waals surface area (Å²) in [6.45, 7) is 1.89. The molecular weight excluding hydrogens is 608 g/mol. The minimum Gasteiger partial charge on any atom is -0.497 e. The molecule has 1 unspecified atom stereocenters. The fourth-order valence-corrected chi connectivity index (χ4v) is 5.34. The molecule has 46 heavy (non-hydrogen) atoms. The standard InChI is InChI=1S/C34H32N4O7S/c1-4-31(34(41)36-27-21-25(44-2)17-18-30(27)45-3)46-26-15-10-14-24(20-26)35-33(40)28(37-32(39)22-11-6-5-7-12-22)19-23-13-8-9-16-29(23)38(42)43/h5-21,31H,4H2,1-3H3,(H,35,40)(H,36,41)(H,37,39)/b28-19+. The lowest BCUT2D eigenvalue weighted by Crippen LogP contribution is -2.30. The van der Waals surface area contributed by atoms with Gasteiger partial charge in [0, 0.05) is 28.3 Å². The summed E-state index contributed by atoms with van der Waals surface area (Å²) in [6.07, 6.45) is 1.77. The molecule has 0 heterocycles. The van der Waals surface area contributed by atoms with E-state index < -0.39 is 22.0 Å². The van der Waals surface area contributed by atoms with Crippen molar-refractivity contribution in [3.8, 4) is 11.5 Å². The number of amides is 3. The maximum absolute atomic E-state index is 13.5. The number of nitrogens with one attached hydrogen (secondary N) is 3. The van der Waals surface area contributed by atoms with Gasteiger partial charge < -0.3 is 25.4 Å². The number of thioether (sulfide) groups is 1. The SMILES string of the molecule is CCC(Sc1cccc(NC(=O)/C(=C\c2ccccc2[N+](=O)[O-])NC(=O)c2ccccc2)c1)C(=O)Nc1cc(OC)ccc1OC. The highest BCUT2D eigenvalue weighted by Gasteiger charge is 2.21. The lowest BCUT2D eigenvalue weighted by Gasteiger charge is -2.17. The molecule has 4 aromatic rings. The smallest absolute Gasteiger partial charge is 0.276 e. The molecule has 3 N–H and O–H groups in total. The van der Waals surface area contributed by atoms with Crippen LogP contribution < -0.4 is 25.4 Å². The van der Waals surface area contributed by atoms with Crippen LogP contribution in [0.25, 0.3) is 6.08 Å². The summed E-state index contributed by atoms with van der Waals surface area (Å²) in [5, 5.41) is 19.4. The van der Waals surface area contributed by atoms with E-state index in [2.05, 4.69) is 16.0 Å². The number of carbonyl (C=O) groups is 3. The first-order valence-corrected chi connectivity index (χ1v) is 15.0. The van der Waals surface area contributed by atoms with Crippen LogP contribution in [0.5, 0.6) is 11.5 Å². The average molecular weight is 641 g/mol. The van der Waals surface area contributed by atoms with Gasteiger partial charge in [0.15, 0.2) is 0 Å². The fourth-order valence-electron chi connectivity index (χ4n) is 4.33. The molecular formula is C34H32N4O7S. The Morgan fingerprint density at radius 2 is 1.63 bits per heavy atom. The zero-order chi connectivity index (χ0) is 33.1. The minimum atomic E-state index is -0.695. The van der Waals surface area contributed by atoms with E-state index in [1.807, 2.05) is 13.0 Å². The van der Waals surface area contributed by atoms with Crippen molar-refractivity contribution in [2.75, 3.05) is 24.9 Å². The molecule has 4 aromatic carbocycles. The summed E-state index contributed by atoms with van der Waals surface area (Å²) in [4.78, 5) is 51.5. The van der Waals surface area contributed by atoms with E-state index in [1.165, 1.54) is 50.3 Å². The van der Waals surface area contributed by atoms with E-state index in [4.69, 9.17) is 9.47 Å². The van der Waals surface area contributed by atoms with Crippen molar-refractivity contribution < 1.29 is 28.8 Å². The van der Waals surface area contributed by atoms with Crippen LogP contribution in [-0.4, -0.2) is 42.1 Å². The van der Waals surface area contributed by atoms with Gasteiger partial charge in [-0.3, -0.25) is 24.5 Å². The van der Waals surface area contributed by atoms with Crippen LogP contribution in [0.15, 0.2) is 108 Å². The van der Waals surface area contributed by atoms with Crippen molar-refractivity contribution in [3.05, 3.63) is 124 Å². The fraction of sp³-hybridized carbons (Fsp3) is 0.147. The van der Waals surface area contributed by atoms with Crippen molar-refractivity contribution in [2.45, 2.75) is 23.5 Å². The van der Waals surface area contributed by atoms with Crippen LogP contribution >= 0.6 is 11.8 Å².